The standard InChI is InChI=1S/C20H14F3N3O2S/c1-28-29(27)16-8-4-14(5-9-16)18-12-24-19-11-10-17(25-26(18)19)13-2-6-15(7-3-13)20(21,22)23/h2-12H,1H3. The Morgan fingerprint density at radius 1 is 0.931 bits per heavy atom. The van der Waals surface area contributed by atoms with Crippen molar-refractivity contribution in [2.75, 3.05) is 7.11 Å². The normalized spacial score (nSPS) is 13.0. The number of benzene rings is 2. The molecule has 9 heteroatoms. The van der Waals surface area contributed by atoms with Crippen LogP contribution in [0.15, 0.2) is 71.8 Å². The minimum atomic E-state index is -4.38. The van der Waals surface area contributed by atoms with Crippen LogP contribution >= 0.6 is 0 Å². The summed E-state index contributed by atoms with van der Waals surface area (Å²) in [6, 6.07) is 15.2. The highest BCUT2D eigenvalue weighted by atomic mass is 32.2. The second-order valence-corrected chi connectivity index (χ2v) is 7.41. The third kappa shape index (κ3) is 3.79. The molecule has 0 aliphatic carbocycles. The van der Waals surface area contributed by atoms with Crippen LogP contribution in [0.3, 0.4) is 0 Å². The van der Waals surface area contributed by atoms with E-state index < -0.39 is 22.8 Å². The van der Waals surface area contributed by atoms with E-state index in [1.54, 1.807) is 47.1 Å². The number of fused-ring (bicyclic) bond motifs is 1. The van der Waals surface area contributed by atoms with Gasteiger partial charge in [0.1, 0.15) is 0 Å². The van der Waals surface area contributed by atoms with E-state index in [1.807, 2.05) is 0 Å². The summed E-state index contributed by atoms with van der Waals surface area (Å²) in [7, 11) is 1.36. The molecule has 0 fully saturated rings. The van der Waals surface area contributed by atoms with Gasteiger partial charge in [0.2, 0.25) is 0 Å². The molecule has 4 rings (SSSR count). The molecule has 0 bridgehead atoms. The highest BCUT2D eigenvalue weighted by Gasteiger charge is 2.30. The highest BCUT2D eigenvalue weighted by molar-refractivity contribution is 7.80. The molecule has 5 nitrogen and oxygen atoms in total. The van der Waals surface area contributed by atoms with E-state index in [1.165, 1.54) is 19.2 Å². The summed E-state index contributed by atoms with van der Waals surface area (Å²) in [5, 5.41) is 4.54. The van der Waals surface area contributed by atoms with E-state index in [-0.39, 0.29) is 0 Å². The van der Waals surface area contributed by atoms with Gasteiger partial charge in [0.05, 0.1) is 35.2 Å². The van der Waals surface area contributed by atoms with Gasteiger partial charge in [0, 0.05) is 11.1 Å². The van der Waals surface area contributed by atoms with Gasteiger partial charge >= 0.3 is 6.18 Å². The third-order valence-corrected chi connectivity index (χ3v) is 5.32. The summed E-state index contributed by atoms with van der Waals surface area (Å²) in [6.45, 7) is 0. The largest absolute Gasteiger partial charge is 0.416 e. The molecule has 2 heterocycles. The third-order valence-electron chi connectivity index (χ3n) is 4.36. The van der Waals surface area contributed by atoms with Crippen LogP contribution in [-0.2, 0) is 21.4 Å². The maximum atomic E-state index is 12.8. The molecule has 148 valence electrons. The molecule has 0 saturated carbocycles. The van der Waals surface area contributed by atoms with Gasteiger partial charge in [0.25, 0.3) is 0 Å². The van der Waals surface area contributed by atoms with E-state index >= 15 is 0 Å². The second kappa shape index (κ2) is 7.41. The number of aromatic nitrogens is 3. The van der Waals surface area contributed by atoms with Crippen LogP contribution in [0.5, 0.6) is 0 Å². The molecule has 0 aliphatic rings. The van der Waals surface area contributed by atoms with Gasteiger partial charge in [-0.1, -0.05) is 24.3 Å². The minimum absolute atomic E-state index is 0.516. The van der Waals surface area contributed by atoms with Crippen molar-refractivity contribution in [3.63, 3.8) is 0 Å². The highest BCUT2D eigenvalue weighted by Crippen LogP contribution is 2.31. The number of hydrogen-bond acceptors (Lipinski definition) is 4. The second-order valence-electron chi connectivity index (χ2n) is 6.13. The maximum absolute atomic E-state index is 12.8. The summed E-state index contributed by atoms with van der Waals surface area (Å²) in [5.74, 6) is 0. The minimum Gasteiger partial charge on any atom is -0.290 e. The zero-order valence-electron chi connectivity index (χ0n) is 15.1. The number of rotatable bonds is 4. The van der Waals surface area contributed by atoms with Crippen molar-refractivity contribution >= 4 is 16.7 Å². The van der Waals surface area contributed by atoms with Crippen molar-refractivity contribution in [1.29, 1.82) is 0 Å². The Labute approximate surface area is 166 Å². The zero-order valence-corrected chi connectivity index (χ0v) is 15.9. The zero-order chi connectivity index (χ0) is 20.6. The monoisotopic (exact) mass is 417 g/mol. The summed E-state index contributed by atoms with van der Waals surface area (Å²) < 4.78 is 56.4. The topological polar surface area (TPSA) is 56.5 Å². The molecular weight excluding hydrogens is 403 g/mol. The molecule has 4 aromatic rings. The Hall–Kier alpha value is -3.04. The summed E-state index contributed by atoms with van der Waals surface area (Å²) >= 11 is -1.53. The molecule has 0 N–H and O–H groups in total. The predicted octanol–water partition coefficient (Wildman–Crippen LogP) is 4.75. The first kappa shape index (κ1) is 19.3. The molecule has 1 unspecified atom stereocenters. The quantitative estimate of drug-likeness (QED) is 0.481. The van der Waals surface area contributed by atoms with Crippen molar-refractivity contribution in [2.24, 2.45) is 0 Å². The van der Waals surface area contributed by atoms with Crippen LogP contribution in [0, 0.1) is 0 Å². The first-order valence-electron chi connectivity index (χ1n) is 8.46. The van der Waals surface area contributed by atoms with Crippen molar-refractivity contribution < 1.29 is 21.6 Å². The lowest BCUT2D eigenvalue weighted by atomic mass is 10.1. The number of halogens is 3. The molecule has 29 heavy (non-hydrogen) atoms. The van der Waals surface area contributed by atoms with E-state index in [0.29, 0.717) is 27.5 Å². The Morgan fingerprint density at radius 3 is 2.21 bits per heavy atom. The van der Waals surface area contributed by atoms with E-state index in [9.17, 15) is 17.4 Å². The van der Waals surface area contributed by atoms with Crippen LogP contribution in [-0.4, -0.2) is 25.9 Å². The smallest absolute Gasteiger partial charge is 0.290 e. The average Bonchev–Trinajstić information content (AvgIpc) is 3.16. The van der Waals surface area contributed by atoms with Crippen LogP contribution < -0.4 is 0 Å². The average molecular weight is 417 g/mol. The van der Waals surface area contributed by atoms with E-state index in [4.69, 9.17) is 4.18 Å². The molecule has 0 amide bonds. The molecule has 2 aromatic carbocycles. The number of hydrogen-bond donors (Lipinski definition) is 0. The van der Waals surface area contributed by atoms with Crippen molar-refractivity contribution in [1.82, 2.24) is 14.6 Å². The maximum Gasteiger partial charge on any atom is 0.416 e. The fourth-order valence-electron chi connectivity index (χ4n) is 2.89. The number of alkyl halides is 3. The van der Waals surface area contributed by atoms with Gasteiger partial charge in [0.15, 0.2) is 16.7 Å². The predicted molar refractivity (Wildman–Crippen MR) is 102 cm³/mol. The number of nitrogens with zero attached hydrogens (tertiary/aromatic N) is 3. The molecule has 0 saturated heterocycles. The molecular formula is C20H14F3N3O2S. The van der Waals surface area contributed by atoms with Crippen LogP contribution in [0.4, 0.5) is 13.2 Å². The molecule has 2 aromatic heterocycles. The van der Waals surface area contributed by atoms with Gasteiger partial charge in [-0.2, -0.15) is 18.3 Å². The van der Waals surface area contributed by atoms with Crippen LogP contribution in [0.25, 0.3) is 28.2 Å². The Balaban J connectivity index is 1.72. The SMILES string of the molecule is COS(=O)c1ccc(-c2cnc3ccc(-c4ccc(C(F)(F)F)cc4)nn23)cc1. The van der Waals surface area contributed by atoms with Gasteiger partial charge in [-0.25, -0.2) is 13.7 Å². The van der Waals surface area contributed by atoms with Crippen molar-refractivity contribution in [3.05, 3.63) is 72.4 Å². The summed E-state index contributed by atoms with van der Waals surface area (Å²) in [6.07, 6.45) is -2.73. The Morgan fingerprint density at radius 2 is 1.59 bits per heavy atom. The first-order valence-corrected chi connectivity index (χ1v) is 9.53. The summed E-state index contributed by atoms with van der Waals surface area (Å²) in [4.78, 5) is 4.85. The number of imidazole rings is 1. The summed E-state index contributed by atoms with van der Waals surface area (Å²) in [5.41, 5.74) is 2.46. The fourth-order valence-corrected chi connectivity index (χ4v) is 3.44. The van der Waals surface area contributed by atoms with Crippen molar-refractivity contribution in [2.45, 2.75) is 11.1 Å². The Kier molecular flexibility index (Phi) is 4.93. The lowest BCUT2D eigenvalue weighted by Crippen LogP contribution is -2.04. The van der Waals surface area contributed by atoms with Gasteiger partial charge in [-0.15, -0.1) is 0 Å². The lowest BCUT2D eigenvalue weighted by Gasteiger charge is -2.08. The molecule has 0 radical (unpaired) electrons. The van der Waals surface area contributed by atoms with Crippen molar-refractivity contribution in [3.8, 4) is 22.5 Å². The molecule has 0 aliphatic heterocycles. The van der Waals surface area contributed by atoms with Gasteiger partial charge in [-0.05, 0) is 36.4 Å². The molecule has 0 spiro atoms. The van der Waals surface area contributed by atoms with E-state index in [0.717, 1.165) is 17.7 Å². The van der Waals surface area contributed by atoms with Gasteiger partial charge in [-0.3, -0.25) is 4.18 Å². The fraction of sp³-hybridized carbons (Fsp3) is 0.100. The van der Waals surface area contributed by atoms with Crippen LogP contribution in [0.1, 0.15) is 5.56 Å². The lowest BCUT2D eigenvalue weighted by molar-refractivity contribution is -0.137. The van der Waals surface area contributed by atoms with Gasteiger partial charge < -0.3 is 0 Å². The molecule has 1 atom stereocenters. The van der Waals surface area contributed by atoms with Crippen LogP contribution in [0.2, 0.25) is 0 Å². The first-order chi connectivity index (χ1) is 13.9. The Bertz CT molecular complexity index is 1190. The van der Waals surface area contributed by atoms with E-state index in [2.05, 4.69) is 10.1 Å².